The number of phenols is 1. The average Bonchev–Trinajstić information content (AvgIpc) is 2.63. The summed E-state index contributed by atoms with van der Waals surface area (Å²) in [4.78, 5) is 1.38. The molecule has 0 bridgehead atoms. The van der Waals surface area contributed by atoms with Crippen LogP contribution in [0.5, 0.6) is 23.0 Å². The third-order valence-corrected chi connectivity index (χ3v) is 5.13. The van der Waals surface area contributed by atoms with Gasteiger partial charge in [-0.05, 0) is 29.8 Å². The van der Waals surface area contributed by atoms with Crippen LogP contribution in [0, 0.1) is 0 Å². The van der Waals surface area contributed by atoms with E-state index in [0.717, 1.165) is 47.6 Å². The highest BCUT2D eigenvalue weighted by Gasteiger charge is 2.24. The first-order chi connectivity index (χ1) is 12.0. The van der Waals surface area contributed by atoms with Crippen LogP contribution in [-0.4, -0.2) is 33.0 Å². The number of hydrogen-bond donors (Lipinski definition) is 2. The van der Waals surface area contributed by atoms with Crippen molar-refractivity contribution < 1.29 is 24.2 Å². The van der Waals surface area contributed by atoms with Crippen molar-refractivity contribution in [3.63, 3.8) is 0 Å². The molecule has 1 heterocycles. The van der Waals surface area contributed by atoms with Gasteiger partial charge in [-0.15, -0.1) is 0 Å². The molecule has 1 atom stereocenters. The molecule has 0 aliphatic carbocycles. The van der Waals surface area contributed by atoms with Crippen LogP contribution < -0.4 is 19.1 Å². The second kappa shape index (κ2) is 7.54. The number of nitrogens with one attached hydrogen (secondary N) is 1. The van der Waals surface area contributed by atoms with E-state index in [1.807, 2.05) is 6.07 Å². The number of hydrogen-bond acceptors (Lipinski definition) is 4. The lowest BCUT2D eigenvalue weighted by molar-refractivity contribution is -0.929. The molecule has 5 nitrogen and oxygen atoms in total. The second-order valence-electron chi connectivity index (χ2n) is 6.20. The number of aromatic hydroxyl groups is 1. The molecule has 2 aromatic carbocycles. The normalized spacial score (nSPS) is 16.2. The number of fused-ring (bicyclic) bond motifs is 1. The van der Waals surface area contributed by atoms with Crippen LogP contribution in [0.3, 0.4) is 0 Å². The smallest absolute Gasteiger partial charge is 0.166 e. The fourth-order valence-electron chi connectivity index (χ4n) is 3.37. The van der Waals surface area contributed by atoms with E-state index in [1.54, 1.807) is 27.4 Å². The van der Waals surface area contributed by atoms with Gasteiger partial charge in [-0.2, -0.15) is 0 Å². The van der Waals surface area contributed by atoms with Crippen molar-refractivity contribution >= 4 is 15.9 Å². The molecular weight excluding hydrogens is 386 g/mol. The molecule has 0 aromatic heterocycles. The number of halogens is 1. The first-order valence-corrected chi connectivity index (χ1v) is 8.97. The van der Waals surface area contributed by atoms with Gasteiger partial charge in [-0.3, -0.25) is 0 Å². The Hall–Kier alpha value is -1.92. The maximum absolute atomic E-state index is 10.4. The molecule has 1 aliphatic heterocycles. The lowest BCUT2D eigenvalue weighted by Crippen LogP contribution is -3.10. The van der Waals surface area contributed by atoms with E-state index in [1.165, 1.54) is 16.0 Å². The highest BCUT2D eigenvalue weighted by atomic mass is 79.9. The monoisotopic (exact) mass is 408 g/mol. The summed E-state index contributed by atoms with van der Waals surface area (Å²) in [6, 6.07) is 7.87. The van der Waals surface area contributed by atoms with Gasteiger partial charge in [0.05, 0.1) is 33.4 Å². The summed E-state index contributed by atoms with van der Waals surface area (Å²) in [5.74, 6) is 2.25. The molecule has 1 unspecified atom stereocenters. The van der Waals surface area contributed by atoms with Gasteiger partial charge >= 0.3 is 0 Å². The van der Waals surface area contributed by atoms with Gasteiger partial charge in [0.2, 0.25) is 0 Å². The highest BCUT2D eigenvalue weighted by Crippen LogP contribution is 2.34. The van der Waals surface area contributed by atoms with Gasteiger partial charge in [0.1, 0.15) is 13.1 Å². The Morgan fingerprint density at radius 2 is 1.60 bits per heavy atom. The SMILES string of the molecule is COc1cc2c(cc1OC)C[NH+](Cc1cc(Br)cc(OC)c1O)CC2. The summed E-state index contributed by atoms with van der Waals surface area (Å²) in [7, 11) is 4.88. The number of quaternary nitrogens is 1. The fraction of sp³-hybridized carbons (Fsp3) is 0.368. The first-order valence-electron chi connectivity index (χ1n) is 8.18. The Balaban J connectivity index is 1.83. The van der Waals surface area contributed by atoms with Crippen molar-refractivity contribution in [3.8, 4) is 23.0 Å². The number of phenolic OH excluding ortho intramolecular Hbond substituents is 1. The third-order valence-electron chi connectivity index (χ3n) is 4.67. The molecule has 3 rings (SSSR count). The van der Waals surface area contributed by atoms with E-state index in [9.17, 15) is 5.11 Å². The summed E-state index contributed by atoms with van der Waals surface area (Å²) in [6.07, 6.45) is 0.969. The first kappa shape index (κ1) is 17.9. The molecule has 0 radical (unpaired) electrons. The van der Waals surface area contributed by atoms with E-state index < -0.39 is 0 Å². The maximum atomic E-state index is 10.4. The molecule has 0 amide bonds. The van der Waals surface area contributed by atoms with Crippen molar-refractivity contribution in [2.45, 2.75) is 19.5 Å². The minimum atomic E-state index is 0.219. The van der Waals surface area contributed by atoms with Gasteiger partial charge in [0, 0.05) is 16.5 Å². The van der Waals surface area contributed by atoms with Crippen LogP contribution in [0.25, 0.3) is 0 Å². The molecule has 0 spiro atoms. The summed E-state index contributed by atoms with van der Waals surface area (Å²) in [5, 5.41) is 10.4. The summed E-state index contributed by atoms with van der Waals surface area (Å²) < 4.78 is 17.0. The molecule has 0 saturated heterocycles. The zero-order valence-electron chi connectivity index (χ0n) is 14.7. The summed E-state index contributed by atoms with van der Waals surface area (Å²) in [5.41, 5.74) is 3.45. The van der Waals surface area contributed by atoms with Crippen molar-refractivity contribution in [2.75, 3.05) is 27.9 Å². The Morgan fingerprint density at radius 3 is 2.24 bits per heavy atom. The van der Waals surface area contributed by atoms with E-state index in [0.29, 0.717) is 5.75 Å². The van der Waals surface area contributed by atoms with E-state index in [2.05, 4.69) is 28.1 Å². The zero-order valence-corrected chi connectivity index (χ0v) is 16.3. The van der Waals surface area contributed by atoms with Gasteiger partial charge in [-0.25, -0.2) is 0 Å². The van der Waals surface area contributed by atoms with Crippen molar-refractivity contribution in [2.24, 2.45) is 0 Å². The van der Waals surface area contributed by atoms with Gasteiger partial charge in [0.25, 0.3) is 0 Å². The molecular formula is C19H23BrNO4+. The Kier molecular flexibility index (Phi) is 5.39. The van der Waals surface area contributed by atoms with Crippen LogP contribution >= 0.6 is 15.9 Å². The number of ether oxygens (including phenoxy) is 3. The van der Waals surface area contributed by atoms with Crippen molar-refractivity contribution in [3.05, 3.63) is 45.4 Å². The second-order valence-corrected chi connectivity index (χ2v) is 7.11. The van der Waals surface area contributed by atoms with Gasteiger partial charge in [0.15, 0.2) is 23.0 Å². The largest absolute Gasteiger partial charge is 0.504 e. The minimum Gasteiger partial charge on any atom is -0.504 e. The average molecular weight is 409 g/mol. The van der Waals surface area contributed by atoms with Crippen molar-refractivity contribution in [1.82, 2.24) is 0 Å². The molecule has 25 heavy (non-hydrogen) atoms. The minimum absolute atomic E-state index is 0.219. The number of rotatable bonds is 5. The molecule has 1 aliphatic rings. The topological polar surface area (TPSA) is 52.4 Å². The number of methoxy groups -OCH3 is 3. The Bertz CT molecular complexity index is 779. The number of benzene rings is 2. The van der Waals surface area contributed by atoms with Gasteiger partial charge in [-0.1, -0.05) is 15.9 Å². The summed E-state index contributed by atoms with van der Waals surface area (Å²) >= 11 is 3.48. The van der Waals surface area contributed by atoms with Gasteiger partial charge < -0.3 is 24.2 Å². The molecule has 0 saturated carbocycles. The van der Waals surface area contributed by atoms with Crippen LogP contribution in [0.15, 0.2) is 28.7 Å². The Morgan fingerprint density at radius 1 is 0.960 bits per heavy atom. The highest BCUT2D eigenvalue weighted by molar-refractivity contribution is 9.10. The predicted octanol–water partition coefficient (Wildman–Crippen LogP) is 2.32. The molecule has 0 fully saturated rings. The lowest BCUT2D eigenvalue weighted by Gasteiger charge is -2.27. The Labute approximate surface area is 156 Å². The van der Waals surface area contributed by atoms with Crippen LogP contribution in [0.2, 0.25) is 0 Å². The maximum Gasteiger partial charge on any atom is 0.166 e. The van der Waals surface area contributed by atoms with E-state index in [4.69, 9.17) is 14.2 Å². The fourth-order valence-corrected chi connectivity index (χ4v) is 3.85. The molecule has 2 aromatic rings. The molecule has 134 valence electrons. The third kappa shape index (κ3) is 3.70. The predicted molar refractivity (Wildman–Crippen MR) is 98.8 cm³/mol. The molecule has 2 N–H and O–H groups in total. The van der Waals surface area contributed by atoms with Crippen LogP contribution in [0.4, 0.5) is 0 Å². The zero-order chi connectivity index (χ0) is 18.0. The van der Waals surface area contributed by atoms with Crippen molar-refractivity contribution in [1.29, 1.82) is 0 Å². The quantitative estimate of drug-likeness (QED) is 0.796. The van der Waals surface area contributed by atoms with E-state index in [-0.39, 0.29) is 5.75 Å². The standard InChI is InChI=1S/C19H22BrNO4/c1-23-16-7-12-4-5-21(10-13(12)8-17(16)24-2)11-14-6-15(20)9-18(25-3)19(14)22/h6-9,22H,4-5,10-11H2,1-3H3/p+1. The van der Waals surface area contributed by atoms with Crippen LogP contribution in [-0.2, 0) is 19.5 Å². The summed E-state index contributed by atoms with van der Waals surface area (Å²) in [6.45, 7) is 2.61. The van der Waals surface area contributed by atoms with Crippen LogP contribution in [0.1, 0.15) is 16.7 Å². The van der Waals surface area contributed by atoms with E-state index >= 15 is 0 Å². The molecule has 6 heteroatoms. The lowest BCUT2D eigenvalue weighted by atomic mass is 9.98.